The minimum atomic E-state index is -0.281. The number of nitrogens with zero attached hydrogens (tertiary/aromatic N) is 2. The maximum absolute atomic E-state index is 9.87. The maximum Gasteiger partial charge on any atom is 0.0791 e. The molecule has 0 aromatic carbocycles. The van der Waals surface area contributed by atoms with Gasteiger partial charge in [0.2, 0.25) is 0 Å². The Kier molecular flexibility index (Phi) is 4.23. The Morgan fingerprint density at radius 3 is 2.70 bits per heavy atom. The lowest BCUT2D eigenvalue weighted by Gasteiger charge is -2.60. The Morgan fingerprint density at radius 2 is 2.25 bits per heavy atom. The molecule has 1 saturated carbocycles. The molecule has 2 N–H and O–H groups in total. The zero-order valence-corrected chi connectivity index (χ0v) is 13.2. The molecule has 20 heavy (non-hydrogen) atoms. The lowest BCUT2D eigenvalue weighted by atomic mass is 9.54. The number of aliphatic hydroxyl groups excluding tert-OH is 1. The van der Waals surface area contributed by atoms with Crippen LogP contribution in [0.5, 0.6) is 0 Å². The van der Waals surface area contributed by atoms with E-state index in [-0.39, 0.29) is 23.7 Å². The summed E-state index contributed by atoms with van der Waals surface area (Å²) in [5, 5.41) is 17.8. The molecule has 1 aromatic heterocycles. The van der Waals surface area contributed by atoms with Crippen molar-refractivity contribution in [2.45, 2.75) is 52.3 Å². The Balaban J connectivity index is 2.05. The fourth-order valence-electron chi connectivity index (χ4n) is 3.18. The van der Waals surface area contributed by atoms with Crippen molar-refractivity contribution >= 4 is 0 Å². The van der Waals surface area contributed by atoms with Gasteiger partial charge in [-0.05, 0) is 25.8 Å². The fourth-order valence-corrected chi connectivity index (χ4v) is 3.18. The van der Waals surface area contributed by atoms with Gasteiger partial charge in [-0.15, -0.1) is 0 Å². The number of aryl methyl sites for hydroxylation is 2. The van der Waals surface area contributed by atoms with Crippen LogP contribution in [0.1, 0.15) is 38.4 Å². The summed E-state index contributed by atoms with van der Waals surface area (Å²) in [7, 11) is 1.93. The molecular weight excluding hydrogens is 254 g/mol. The predicted octanol–water partition coefficient (Wildman–Crippen LogP) is 1.38. The zero-order valence-electron chi connectivity index (χ0n) is 13.2. The molecule has 2 atom stereocenters. The van der Waals surface area contributed by atoms with Crippen LogP contribution in [0.15, 0.2) is 6.20 Å². The third kappa shape index (κ3) is 2.38. The first-order valence-corrected chi connectivity index (χ1v) is 7.33. The highest BCUT2D eigenvalue weighted by Gasteiger charge is 2.60. The minimum Gasteiger partial charge on any atom is -0.394 e. The molecule has 0 radical (unpaired) electrons. The zero-order chi connectivity index (χ0) is 15.0. The van der Waals surface area contributed by atoms with Crippen molar-refractivity contribution in [1.29, 1.82) is 0 Å². The van der Waals surface area contributed by atoms with Gasteiger partial charge in [-0.25, -0.2) is 0 Å². The first-order chi connectivity index (χ1) is 9.36. The predicted molar refractivity (Wildman–Crippen MR) is 78.4 cm³/mol. The SMILES string of the molecule is CCOC1CC(CO)(NCc2nn(C)cc2C)C1(C)C. The average Bonchev–Trinajstić information content (AvgIpc) is 2.71. The second-order valence-electron chi connectivity index (χ2n) is 6.40. The Morgan fingerprint density at radius 1 is 1.55 bits per heavy atom. The summed E-state index contributed by atoms with van der Waals surface area (Å²) in [4.78, 5) is 0. The summed E-state index contributed by atoms with van der Waals surface area (Å²) in [6.07, 6.45) is 3.06. The molecular formula is C15H27N3O2. The van der Waals surface area contributed by atoms with Crippen molar-refractivity contribution in [3.63, 3.8) is 0 Å². The molecule has 0 spiro atoms. The van der Waals surface area contributed by atoms with Gasteiger partial charge in [-0.2, -0.15) is 5.10 Å². The van der Waals surface area contributed by atoms with Crippen molar-refractivity contribution < 1.29 is 9.84 Å². The van der Waals surface area contributed by atoms with E-state index in [1.54, 1.807) is 0 Å². The molecule has 0 bridgehead atoms. The second kappa shape index (κ2) is 5.47. The van der Waals surface area contributed by atoms with E-state index < -0.39 is 0 Å². The normalized spacial score (nSPS) is 28.4. The van der Waals surface area contributed by atoms with E-state index in [1.807, 2.05) is 24.9 Å². The van der Waals surface area contributed by atoms with E-state index in [9.17, 15) is 5.11 Å². The third-order valence-corrected chi connectivity index (χ3v) is 4.92. The van der Waals surface area contributed by atoms with Crippen LogP contribution in [-0.2, 0) is 18.3 Å². The highest BCUT2D eigenvalue weighted by molar-refractivity contribution is 5.19. The molecule has 1 heterocycles. The lowest BCUT2D eigenvalue weighted by molar-refractivity contribution is -0.177. The number of hydrogen-bond donors (Lipinski definition) is 2. The summed E-state index contributed by atoms with van der Waals surface area (Å²) >= 11 is 0. The van der Waals surface area contributed by atoms with E-state index in [2.05, 4.69) is 31.2 Å². The monoisotopic (exact) mass is 281 g/mol. The van der Waals surface area contributed by atoms with Gasteiger partial charge in [0.05, 0.1) is 23.9 Å². The third-order valence-electron chi connectivity index (χ3n) is 4.92. The molecule has 1 aromatic rings. The molecule has 1 fully saturated rings. The van der Waals surface area contributed by atoms with E-state index in [0.717, 1.165) is 18.7 Å². The van der Waals surface area contributed by atoms with Gasteiger partial charge in [-0.3, -0.25) is 4.68 Å². The summed E-state index contributed by atoms with van der Waals surface area (Å²) in [5.41, 5.74) is 1.85. The lowest BCUT2D eigenvalue weighted by Crippen LogP contribution is -2.73. The Labute approximate surface area is 121 Å². The first kappa shape index (κ1) is 15.5. The Hall–Kier alpha value is -0.910. The molecule has 0 amide bonds. The van der Waals surface area contributed by atoms with Crippen molar-refractivity contribution in [2.24, 2.45) is 12.5 Å². The van der Waals surface area contributed by atoms with Crippen LogP contribution in [0.3, 0.4) is 0 Å². The fraction of sp³-hybridized carbons (Fsp3) is 0.800. The van der Waals surface area contributed by atoms with Crippen molar-refractivity contribution in [3.05, 3.63) is 17.5 Å². The molecule has 2 rings (SSSR count). The molecule has 1 aliphatic rings. The minimum absolute atomic E-state index is 0.0829. The summed E-state index contributed by atoms with van der Waals surface area (Å²) in [6, 6.07) is 0. The Bertz CT molecular complexity index is 470. The average molecular weight is 281 g/mol. The van der Waals surface area contributed by atoms with E-state index in [1.165, 1.54) is 5.56 Å². The van der Waals surface area contributed by atoms with Gasteiger partial charge >= 0.3 is 0 Å². The van der Waals surface area contributed by atoms with Gasteiger partial charge in [0.15, 0.2) is 0 Å². The summed E-state index contributed by atoms with van der Waals surface area (Å²) in [6.45, 7) is 9.90. The largest absolute Gasteiger partial charge is 0.394 e. The highest BCUT2D eigenvalue weighted by Crippen LogP contribution is 2.51. The maximum atomic E-state index is 9.87. The van der Waals surface area contributed by atoms with Crippen LogP contribution >= 0.6 is 0 Å². The van der Waals surface area contributed by atoms with Crippen molar-refractivity contribution in [1.82, 2.24) is 15.1 Å². The van der Waals surface area contributed by atoms with Crippen LogP contribution in [-0.4, -0.2) is 39.7 Å². The van der Waals surface area contributed by atoms with Crippen LogP contribution in [0.25, 0.3) is 0 Å². The molecule has 5 nitrogen and oxygen atoms in total. The highest BCUT2D eigenvalue weighted by atomic mass is 16.5. The second-order valence-corrected chi connectivity index (χ2v) is 6.40. The molecule has 2 unspecified atom stereocenters. The molecule has 1 aliphatic carbocycles. The van der Waals surface area contributed by atoms with Gasteiger partial charge in [0.1, 0.15) is 0 Å². The number of nitrogens with one attached hydrogen (secondary N) is 1. The van der Waals surface area contributed by atoms with Gasteiger partial charge in [0, 0.05) is 31.8 Å². The molecule has 114 valence electrons. The van der Waals surface area contributed by atoms with Crippen LogP contribution in [0.4, 0.5) is 0 Å². The molecule has 0 saturated heterocycles. The van der Waals surface area contributed by atoms with Gasteiger partial charge in [0.25, 0.3) is 0 Å². The van der Waals surface area contributed by atoms with Crippen molar-refractivity contribution in [3.8, 4) is 0 Å². The number of hydrogen-bond acceptors (Lipinski definition) is 4. The van der Waals surface area contributed by atoms with Crippen LogP contribution in [0, 0.1) is 12.3 Å². The summed E-state index contributed by atoms with van der Waals surface area (Å²) in [5.74, 6) is 0. The van der Waals surface area contributed by atoms with Crippen molar-refractivity contribution in [2.75, 3.05) is 13.2 Å². The smallest absolute Gasteiger partial charge is 0.0791 e. The van der Waals surface area contributed by atoms with E-state index in [4.69, 9.17) is 4.74 Å². The van der Waals surface area contributed by atoms with E-state index in [0.29, 0.717) is 6.54 Å². The number of aromatic nitrogens is 2. The standard InChI is InChI=1S/C15H27N3O2/c1-6-20-13-7-15(10-19,14(13,3)4)16-8-12-11(2)9-18(5)17-12/h9,13,16,19H,6-8,10H2,1-5H3. The quantitative estimate of drug-likeness (QED) is 0.827. The number of rotatable bonds is 6. The van der Waals surface area contributed by atoms with Gasteiger partial charge in [-0.1, -0.05) is 13.8 Å². The number of ether oxygens (including phenoxy) is 1. The topological polar surface area (TPSA) is 59.3 Å². The van der Waals surface area contributed by atoms with Gasteiger partial charge < -0.3 is 15.2 Å². The molecule has 5 heteroatoms. The molecule has 0 aliphatic heterocycles. The number of aliphatic hydroxyl groups is 1. The summed E-state index contributed by atoms with van der Waals surface area (Å²) < 4.78 is 7.59. The van der Waals surface area contributed by atoms with E-state index >= 15 is 0 Å². The first-order valence-electron chi connectivity index (χ1n) is 7.33. The van der Waals surface area contributed by atoms with Crippen LogP contribution < -0.4 is 5.32 Å². The van der Waals surface area contributed by atoms with Crippen LogP contribution in [0.2, 0.25) is 0 Å².